The third kappa shape index (κ3) is 3.49. The van der Waals surface area contributed by atoms with Crippen molar-refractivity contribution in [3.63, 3.8) is 0 Å². The zero-order chi connectivity index (χ0) is 29.9. The number of carbonyl (C=O) groups is 2. The van der Waals surface area contributed by atoms with Crippen molar-refractivity contribution in [1.82, 2.24) is 9.44 Å². The number of rotatable bonds is 3. The highest BCUT2D eigenvalue weighted by molar-refractivity contribution is 7.87. The fourth-order valence-corrected chi connectivity index (χ4v) is 11.2. The summed E-state index contributed by atoms with van der Waals surface area (Å²) in [5.74, 6) is -0.998. The summed E-state index contributed by atoms with van der Waals surface area (Å²) in [5, 5.41) is 22.8. The van der Waals surface area contributed by atoms with Crippen LogP contribution in [0.2, 0.25) is 0 Å². The number of hydrogen-bond donors (Lipinski definition) is 3. The molecule has 9 heteroatoms. The molecule has 0 aromatic carbocycles. The van der Waals surface area contributed by atoms with Crippen LogP contribution in [-0.4, -0.2) is 43.3 Å². The standard InChI is InChI=1S/C31H45N3O5S/c1-25(2)20-9-10-29(6)21(28(20,5)16-19(18-32)24(25)36)15-23(35)31(37)22-17-27(4,34-40(38,39)33-8)13-11-26(22,3)12-14-30(29,31)7/h15-16,20,22,33-34,37H,9-14,17H2,1-8H3/t20-,22+,26+,27-,28-,29+,30-,31+/m0/s1. The lowest BCUT2D eigenvalue weighted by Gasteiger charge is -2.71. The molecule has 3 saturated carbocycles. The van der Waals surface area contributed by atoms with Crippen molar-refractivity contribution in [1.29, 1.82) is 5.26 Å². The average molecular weight is 572 g/mol. The van der Waals surface area contributed by atoms with E-state index in [1.165, 1.54) is 7.05 Å². The van der Waals surface area contributed by atoms with Crippen molar-refractivity contribution in [2.75, 3.05) is 7.05 Å². The number of carbonyl (C=O) groups excluding carboxylic acids is 2. The number of nitrogens with zero attached hydrogens (tertiary/aromatic N) is 1. The SMILES string of the molecule is CNS(=O)(=O)N[C@@]1(C)CC[C@]2(C)CC[C@@]3(C)[C@]4(C)CC[C@H]5C(C)(C)C(=O)C(C#N)=C[C@]5(C)C4=CC(=O)[C@]3(O)[C@@H]2C1. The summed E-state index contributed by atoms with van der Waals surface area (Å²) in [6, 6.07) is 2.12. The fraction of sp³-hybridized carbons (Fsp3) is 0.774. The highest BCUT2D eigenvalue weighted by Gasteiger charge is 2.75. The molecule has 8 nitrogen and oxygen atoms in total. The Kier molecular flexibility index (Phi) is 6.20. The van der Waals surface area contributed by atoms with Crippen LogP contribution in [0.5, 0.6) is 0 Å². The van der Waals surface area contributed by atoms with Crippen LogP contribution >= 0.6 is 0 Å². The summed E-state index contributed by atoms with van der Waals surface area (Å²) in [6.45, 7) is 14.1. The number of allylic oxidation sites excluding steroid dienone is 3. The first-order chi connectivity index (χ1) is 18.2. The molecule has 3 N–H and O–H groups in total. The number of nitriles is 1. The summed E-state index contributed by atoms with van der Waals surface area (Å²) in [7, 11) is -2.36. The second-order valence-electron chi connectivity index (χ2n) is 15.2. The van der Waals surface area contributed by atoms with E-state index in [0.29, 0.717) is 32.1 Å². The molecule has 0 bridgehead atoms. The molecule has 5 aliphatic rings. The van der Waals surface area contributed by atoms with Crippen LogP contribution in [-0.2, 0) is 19.8 Å². The molecule has 0 unspecified atom stereocenters. The van der Waals surface area contributed by atoms with Crippen LogP contribution in [0.3, 0.4) is 0 Å². The maximum Gasteiger partial charge on any atom is 0.277 e. The van der Waals surface area contributed by atoms with Gasteiger partial charge in [-0.2, -0.15) is 18.4 Å². The Balaban J connectivity index is 1.68. The lowest BCUT2D eigenvalue weighted by Crippen LogP contribution is -2.74. The van der Waals surface area contributed by atoms with E-state index in [9.17, 15) is 28.4 Å². The van der Waals surface area contributed by atoms with Gasteiger partial charge in [0.1, 0.15) is 11.7 Å². The molecule has 40 heavy (non-hydrogen) atoms. The topological polar surface area (TPSA) is 136 Å². The van der Waals surface area contributed by atoms with Gasteiger partial charge in [0.15, 0.2) is 11.6 Å². The molecule has 0 amide bonds. The first kappa shape index (κ1) is 29.6. The molecular weight excluding hydrogens is 526 g/mol. The predicted octanol–water partition coefficient (Wildman–Crippen LogP) is 4.13. The maximum atomic E-state index is 14.5. The van der Waals surface area contributed by atoms with Gasteiger partial charge in [-0.05, 0) is 80.3 Å². The van der Waals surface area contributed by atoms with Crippen molar-refractivity contribution < 1.29 is 23.1 Å². The normalized spacial score (nSPS) is 48.0. The van der Waals surface area contributed by atoms with Gasteiger partial charge in [-0.3, -0.25) is 9.59 Å². The van der Waals surface area contributed by atoms with Gasteiger partial charge in [0.05, 0.1) is 5.57 Å². The molecule has 5 rings (SSSR count). The van der Waals surface area contributed by atoms with Gasteiger partial charge in [-0.15, -0.1) is 0 Å². The number of Topliss-reactive ketones (excluding diaryl/α,β-unsaturated/α-hetero) is 1. The minimum Gasteiger partial charge on any atom is -0.381 e. The van der Waals surface area contributed by atoms with Crippen LogP contribution in [0.15, 0.2) is 23.3 Å². The summed E-state index contributed by atoms with van der Waals surface area (Å²) in [5.41, 5.74) is -4.56. The van der Waals surface area contributed by atoms with E-state index >= 15 is 0 Å². The molecule has 5 aliphatic carbocycles. The van der Waals surface area contributed by atoms with E-state index in [-0.39, 0.29) is 28.5 Å². The second kappa shape index (κ2) is 8.37. The molecular formula is C31H45N3O5S. The van der Waals surface area contributed by atoms with Crippen molar-refractivity contribution in [3.05, 3.63) is 23.3 Å². The van der Waals surface area contributed by atoms with E-state index in [2.05, 4.69) is 43.2 Å². The summed E-state index contributed by atoms with van der Waals surface area (Å²) < 4.78 is 30.2. The van der Waals surface area contributed by atoms with Gasteiger partial charge in [-0.25, -0.2) is 4.72 Å². The molecule has 0 aromatic rings. The summed E-state index contributed by atoms with van der Waals surface area (Å²) >= 11 is 0. The van der Waals surface area contributed by atoms with Crippen LogP contribution in [0.4, 0.5) is 0 Å². The Labute approximate surface area is 239 Å². The monoisotopic (exact) mass is 571 g/mol. The number of nitrogens with one attached hydrogen (secondary N) is 2. The Morgan fingerprint density at radius 2 is 1.60 bits per heavy atom. The van der Waals surface area contributed by atoms with E-state index < -0.39 is 48.9 Å². The fourth-order valence-electron chi connectivity index (χ4n) is 10.2. The van der Waals surface area contributed by atoms with Crippen molar-refractivity contribution in [2.45, 2.75) is 105 Å². The highest BCUT2D eigenvalue weighted by atomic mass is 32.2. The van der Waals surface area contributed by atoms with Crippen molar-refractivity contribution in [3.8, 4) is 6.07 Å². The lowest BCUT2D eigenvalue weighted by molar-refractivity contribution is -0.239. The maximum absolute atomic E-state index is 14.5. The van der Waals surface area contributed by atoms with Crippen molar-refractivity contribution in [2.24, 2.45) is 38.9 Å². The molecule has 0 aliphatic heterocycles. The Hall–Kier alpha value is -1.86. The quantitative estimate of drug-likeness (QED) is 0.466. The van der Waals surface area contributed by atoms with Crippen LogP contribution < -0.4 is 9.44 Å². The molecule has 0 spiro atoms. The van der Waals surface area contributed by atoms with Gasteiger partial charge in [0, 0.05) is 34.7 Å². The van der Waals surface area contributed by atoms with Gasteiger partial charge >= 0.3 is 0 Å². The molecule has 8 atom stereocenters. The first-order valence-electron chi connectivity index (χ1n) is 14.6. The molecule has 3 fully saturated rings. The molecule has 0 heterocycles. The van der Waals surface area contributed by atoms with Gasteiger partial charge in [0.25, 0.3) is 10.2 Å². The van der Waals surface area contributed by atoms with E-state index in [0.717, 1.165) is 18.4 Å². The summed E-state index contributed by atoms with van der Waals surface area (Å²) in [6.07, 6.45) is 8.05. The number of hydrogen-bond acceptors (Lipinski definition) is 6. The molecule has 0 aromatic heterocycles. The Bertz CT molecular complexity index is 1410. The number of fused-ring (bicyclic) bond motifs is 7. The second-order valence-corrected chi connectivity index (χ2v) is 16.8. The molecule has 0 saturated heterocycles. The minimum absolute atomic E-state index is 0.0747. The average Bonchev–Trinajstić information content (AvgIpc) is 2.86. The lowest BCUT2D eigenvalue weighted by atomic mass is 9.33. The van der Waals surface area contributed by atoms with E-state index in [1.54, 1.807) is 12.2 Å². The summed E-state index contributed by atoms with van der Waals surface area (Å²) in [4.78, 5) is 27.7. The van der Waals surface area contributed by atoms with E-state index in [1.807, 2.05) is 20.8 Å². The first-order valence-corrected chi connectivity index (χ1v) is 16.1. The molecule has 0 radical (unpaired) electrons. The molecule has 220 valence electrons. The van der Waals surface area contributed by atoms with E-state index in [4.69, 9.17) is 0 Å². The third-order valence-corrected chi connectivity index (χ3v) is 14.2. The van der Waals surface area contributed by atoms with Crippen LogP contribution in [0.1, 0.15) is 93.4 Å². The smallest absolute Gasteiger partial charge is 0.277 e. The third-order valence-electron chi connectivity index (χ3n) is 12.9. The number of aliphatic hydroxyl groups is 1. The van der Waals surface area contributed by atoms with Crippen LogP contribution in [0.25, 0.3) is 0 Å². The Morgan fingerprint density at radius 3 is 2.20 bits per heavy atom. The highest BCUT2D eigenvalue weighted by Crippen LogP contribution is 2.75. The van der Waals surface area contributed by atoms with Gasteiger partial charge in [0.2, 0.25) is 0 Å². The van der Waals surface area contributed by atoms with Gasteiger partial charge < -0.3 is 5.11 Å². The van der Waals surface area contributed by atoms with Crippen molar-refractivity contribution >= 4 is 21.8 Å². The van der Waals surface area contributed by atoms with Gasteiger partial charge in [-0.1, -0.05) is 47.6 Å². The largest absolute Gasteiger partial charge is 0.381 e. The number of ketones is 2. The zero-order valence-electron chi connectivity index (χ0n) is 25.2. The Morgan fingerprint density at radius 1 is 0.975 bits per heavy atom. The van der Waals surface area contributed by atoms with Crippen LogP contribution in [0, 0.1) is 50.2 Å². The predicted molar refractivity (Wildman–Crippen MR) is 152 cm³/mol. The zero-order valence-corrected chi connectivity index (χ0v) is 26.0. The minimum atomic E-state index is -3.73.